The van der Waals surface area contributed by atoms with Crippen LogP contribution in [0.15, 0.2) is 71.9 Å². The normalized spacial score (nSPS) is 10.9. The molecule has 32 heavy (non-hydrogen) atoms. The lowest BCUT2D eigenvalue weighted by Crippen LogP contribution is -2.14. The van der Waals surface area contributed by atoms with Crippen molar-refractivity contribution >= 4 is 34.1 Å². The highest BCUT2D eigenvalue weighted by molar-refractivity contribution is 7.99. The lowest BCUT2D eigenvalue weighted by Gasteiger charge is -2.10. The molecule has 0 atom stereocenters. The summed E-state index contributed by atoms with van der Waals surface area (Å²) < 4.78 is 7.51. The molecule has 0 saturated heterocycles. The van der Waals surface area contributed by atoms with Crippen molar-refractivity contribution in [1.82, 2.24) is 14.8 Å². The lowest BCUT2D eigenvalue weighted by molar-refractivity contribution is -0.113. The SMILES string of the molecule is CCOc1ccc(NC(=O)CSc2nnc(Cc3cccc4ccccc34)n2CC)cc1. The number of fused-ring (bicyclic) bond motifs is 1. The number of aromatic nitrogens is 3. The molecule has 4 aromatic rings. The maximum atomic E-state index is 12.4. The van der Waals surface area contributed by atoms with Gasteiger partial charge in [-0.05, 0) is 54.4 Å². The van der Waals surface area contributed by atoms with Crippen molar-refractivity contribution in [2.45, 2.75) is 32.0 Å². The quantitative estimate of drug-likeness (QED) is 0.359. The van der Waals surface area contributed by atoms with E-state index in [1.807, 2.05) is 37.3 Å². The van der Waals surface area contributed by atoms with Gasteiger partial charge in [-0.25, -0.2) is 0 Å². The van der Waals surface area contributed by atoms with Crippen LogP contribution < -0.4 is 10.1 Å². The Hall–Kier alpha value is -3.32. The molecule has 1 amide bonds. The first-order valence-electron chi connectivity index (χ1n) is 10.7. The van der Waals surface area contributed by atoms with E-state index in [9.17, 15) is 4.79 Å². The molecule has 0 radical (unpaired) electrons. The summed E-state index contributed by atoms with van der Waals surface area (Å²) in [5.41, 5.74) is 1.96. The number of hydrogen-bond donors (Lipinski definition) is 1. The molecular weight excluding hydrogens is 420 g/mol. The number of anilines is 1. The third-order valence-electron chi connectivity index (χ3n) is 5.12. The Balaban J connectivity index is 1.41. The van der Waals surface area contributed by atoms with Gasteiger partial charge in [0.2, 0.25) is 5.91 Å². The Morgan fingerprint density at radius 3 is 2.56 bits per heavy atom. The van der Waals surface area contributed by atoms with E-state index >= 15 is 0 Å². The number of nitrogens with zero attached hydrogens (tertiary/aromatic N) is 3. The molecule has 0 spiro atoms. The first kappa shape index (κ1) is 21.9. The second-order valence-electron chi connectivity index (χ2n) is 7.25. The van der Waals surface area contributed by atoms with E-state index in [1.54, 1.807) is 0 Å². The van der Waals surface area contributed by atoms with Crippen LogP contribution in [0.2, 0.25) is 0 Å². The Kier molecular flexibility index (Phi) is 7.07. The third kappa shape index (κ3) is 5.11. The van der Waals surface area contributed by atoms with Crippen molar-refractivity contribution in [2.75, 3.05) is 17.7 Å². The fourth-order valence-corrected chi connectivity index (χ4v) is 4.44. The minimum absolute atomic E-state index is 0.0829. The molecule has 0 aliphatic rings. The number of thioether (sulfide) groups is 1. The first-order valence-corrected chi connectivity index (χ1v) is 11.7. The molecule has 1 heterocycles. The number of nitrogens with one attached hydrogen (secondary N) is 1. The van der Waals surface area contributed by atoms with Crippen molar-refractivity contribution in [1.29, 1.82) is 0 Å². The van der Waals surface area contributed by atoms with Crippen LogP contribution in [0, 0.1) is 0 Å². The number of hydrogen-bond acceptors (Lipinski definition) is 5. The molecule has 4 rings (SSSR count). The van der Waals surface area contributed by atoms with E-state index in [0.717, 1.165) is 29.0 Å². The van der Waals surface area contributed by atoms with Gasteiger partial charge in [0.1, 0.15) is 11.6 Å². The highest BCUT2D eigenvalue weighted by Gasteiger charge is 2.15. The highest BCUT2D eigenvalue weighted by Crippen LogP contribution is 2.24. The second-order valence-corrected chi connectivity index (χ2v) is 8.19. The Morgan fingerprint density at radius 2 is 1.78 bits per heavy atom. The van der Waals surface area contributed by atoms with Crippen LogP contribution >= 0.6 is 11.8 Å². The summed E-state index contributed by atoms with van der Waals surface area (Å²) in [6.45, 7) is 5.37. The monoisotopic (exact) mass is 446 g/mol. The molecule has 6 nitrogen and oxygen atoms in total. The zero-order valence-corrected chi connectivity index (χ0v) is 19.1. The minimum atomic E-state index is -0.0829. The average Bonchev–Trinajstić information content (AvgIpc) is 3.21. The van der Waals surface area contributed by atoms with Crippen molar-refractivity contribution in [3.63, 3.8) is 0 Å². The zero-order valence-electron chi connectivity index (χ0n) is 18.2. The van der Waals surface area contributed by atoms with Gasteiger partial charge in [0.15, 0.2) is 5.16 Å². The summed E-state index contributed by atoms with van der Waals surface area (Å²) in [6.07, 6.45) is 0.696. The maximum absolute atomic E-state index is 12.4. The molecule has 0 bridgehead atoms. The molecule has 1 aromatic heterocycles. The van der Waals surface area contributed by atoms with E-state index in [-0.39, 0.29) is 11.7 Å². The van der Waals surface area contributed by atoms with E-state index in [2.05, 4.69) is 63.4 Å². The predicted molar refractivity (Wildman–Crippen MR) is 129 cm³/mol. The summed E-state index contributed by atoms with van der Waals surface area (Å²) in [5.74, 6) is 1.87. The number of rotatable bonds is 9. The maximum Gasteiger partial charge on any atom is 0.234 e. The Morgan fingerprint density at radius 1 is 1.00 bits per heavy atom. The third-order valence-corrected chi connectivity index (χ3v) is 6.09. The van der Waals surface area contributed by atoms with Gasteiger partial charge >= 0.3 is 0 Å². The van der Waals surface area contributed by atoms with Gasteiger partial charge in [0, 0.05) is 18.7 Å². The van der Waals surface area contributed by atoms with Crippen LogP contribution in [0.25, 0.3) is 10.8 Å². The fourth-order valence-electron chi connectivity index (χ4n) is 3.62. The van der Waals surface area contributed by atoms with Crippen LogP contribution in [0.1, 0.15) is 25.2 Å². The molecular formula is C25H26N4O2S. The molecule has 7 heteroatoms. The smallest absolute Gasteiger partial charge is 0.234 e. The highest BCUT2D eigenvalue weighted by atomic mass is 32.2. The van der Waals surface area contributed by atoms with E-state index in [4.69, 9.17) is 4.74 Å². The number of amides is 1. The summed E-state index contributed by atoms with van der Waals surface area (Å²) in [7, 11) is 0. The van der Waals surface area contributed by atoms with Gasteiger partial charge < -0.3 is 14.6 Å². The molecule has 0 saturated carbocycles. The molecule has 0 fully saturated rings. The van der Waals surface area contributed by atoms with E-state index in [0.29, 0.717) is 13.0 Å². The summed E-state index contributed by atoms with van der Waals surface area (Å²) in [5, 5.41) is 14.9. The van der Waals surface area contributed by atoms with E-state index < -0.39 is 0 Å². The lowest BCUT2D eigenvalue weighted by atomic mass is 10.0. The van der Waals surface area contributed by atoms with Crippen molar-refractivity contribution < 1.29 is 9.53 Å². The van der Waals surface area contributed by atoms with Crippen LogP contribution in [0.4, 0.5) is 5.69 Å². The Labute approximate surface area is 192 Å². The standard InChI is InChI=1S/C25H26N4O2S/c1-3-29-23(16-19-10-7-9-18-8-5-6-11-22(18)19)27-28-25(29)32-17-24(30)26-20-12-14-21(15-13-20)31-4-2/h5-15H,3-4,16-17H2,1-2H3,(H,26,30). The second kappa shape index (κ2) is 10.3. The number of benzene rings is 3. The van der Waals surface area contributed by atoms with Crippen LogP contribution in [0.3, 0.4) is 0 Å². The number of carbonyl (C=O) groups is 1. The molecule has 1 N–H and O–H groups in total. The van der Waals surface area contributed by atoms with Crippen molar-refractivity contribution in [3.05, 3.63) is 78.1 Å². The summed E-state index contributed by atoms with van der Waals surface area (Å²) in [6, 6.07) is 22.1. The average molecular weight is 447 g/mol. The van der Waals surface area contributed by atoms with Crippen molar-refractivity contribution in [3.8, 4) is 5.75 Å². The fraction of sp³-hybridized carbons (Fsp3) is 0.240. The van der Waals surface area contributed by atoms with Crippen LogP contribution in [-0.2, 0) is 17.8 Å². The summed E-state index contributed by atoms with van der Waals surface area (Å²) >= 11 is 1.40. The van der Waals surface area contributed by atoms with Gasteiger partial charge in [-0.3, -0.25) is 4.79 Å². The topological polar surface area (TPSA) is 69.0 Å². The van der Waals surface area contributed by atoms with E-state index in [1.165, 1.54) is 28.1 Å². The minimum Gasteiger partial charge on any atom is -0.494 e. The van der Waals surface area contributed by atoms with Crippen LogP contribution in [-0.4, -0.2) is 33.0 Å². The zero-order chi connectivity index (χ0) is 22.3. The molecule has 164 valence electrons. The molecule has 3 aromatic carbocycles. The number of ether oxygens (including phenoxy) is 1. The van der Waals surface area contributed by atoms with Crippen molar-refractivity contribution in [2.24, 2.45) is 0 Å². The largest absolute Gasteiger partial charge is 0.494 e. The van der Waals surface area contributed by atoms with Gasteiger partial charge in [-0.1, -0.05) is 54.2 Å². The van der Waals surface area contributed by atoms with Gasteiger partial charge in [-0.15, -0.1) is 10.2 Å². The molecule has 0 aliphatic carbocycles. The first-order chi connectivity index (χ1) is 15.7. The number of carbonyl (C=O) groups excluding carboxylic acids is 1. The van der Waals surface area contributed by atoms with Gasteiger partial charge in [0.25, 0.3) is 0 Å². The predicted octanol–water partition coefficient (Wildman–Crippen LogP) is 5.17. The van der Waals surface area contributed by atoms with Gasteiger partial charge in [-0.2, -0.15) is 0 Å². The molecule has 0 unspecified atom stereocenters. The van der Waals surface area contributed by atoms with Crippen LogP contribution in [0.5, 0.6) is 5.75 Å². The van der Waals surface area contributed by atoms with Gasteiger partial charge in [0.05, 0.1) is 12.4 Å². The molecule has 0 aliphatic heterocycles. The summed E-state index contributed by atoms with van der Waals surface area (Å²) in [4.78, 5) is 12.4. The Bertz CT molecular complexity index is 1200.